The van der Waals surface area contributed by atoms with E-state index in [2.05, 4.69) is 15.4 Å². The van der Waals surface area contributed by atoms with Gasteiger partial charge in [-0.25, -0.2) is 0 Å². The van der Waals surface area contributed by atoms with Crippen LogP contribution in [0, 0.1) is 0 Å². The lowest BCUT2D eigenvalue weighted by Crippen LogP contribution is -2.35. The Morgan fingerprint density at radius 1 is 1.53 bits per heavy atom. The number of tetrazole rings is 1. The summed E-state index contributed by atoms with van der Waals surface area (Å²) in [7, 11) is 3.43. The molecule has 1 unspecified atom stereocenters. The zero-order valence-electron chi connectivity index (χ0n) is 9.77. The van der Waals surface area contributed by atoms with Crippen LogP contribution in [0.3, 0.4) is 0 Å². The molecule has 0 amide bonds. The van der Waals surface area contributed by atoms with Crippen molar-refractivity contribution in [2.24, 2.45) is 12.8 Å². The quantitative estimate of drug-likeness (QED) is 0.738. The molecule has 1 aromatic heterocycles. The highest BCUT2D eigenvalue weighted by Crippen LogP contribution is 2.15. The minimum Gasteiger partial charge on any atom is -0.379 e. The molecule has 0 spiro atoms. The molecule has 0 aliphatic heterocycles. The van der Waals surface area contributed by atoms with Gasteiger partial charge in [-0.3, -0.25) is 0 Å². The van der Waals surface area contributed by atoms with Crippen molar-refractivity contribution < 1.29 is 4.74 Å². The Morgan fingerprint density at radius 3 is 2.67 bits per heavy atom. The maximum Gasteiger partial charge on any atom is 0.176 e. The van der Waals surface area contributed by atoms with Crippen LogP contribution in [0.15, 0.2) is 0 Å². The zero-order chi connectivity index (χ0) is 11.5. The predicted octanol–water partition coefficient (Wildman–Crippen LogP) is -0.105. The molecule has 0 fully saturated rings. The van der Waals surface area contributed by atoms with Crippen LogP contribution in [0.4, 0.5) is 0 Å². The summed E-state index contributed by atoms with van der Waals surface area (Å²) in [6.45, 7) is 4.02. The van der Waals surface area contributed by atoms with Crippen LogP contribution in [0.25, 0.3) is 0 Å². The maximum absolute atomic E-state index is 5.98. The van der Waals surface area contributed by atoms with Gasteiger partial charge >= 0.3 is 0 Å². The summed E-state index contributed by atoms with van der Waals surface area (Å²) in [5.74, 6) is 0.678. The van der Waals surface area contributed by atoms with Crippen LogP contribution >= 0.6 is 0 Å². The van der Waals surface area contributed by atoms with Gasteiger partial charge in [0.25, 0.3) is 0 Å². The second kappa shape index (κ2) is 4.67. The molecule has 2 N–H and O–H groups in total. The molecule has 6 heteroatoms. The van der Waals surface area contributed by atoms with E-state index in [9.17, 15) is 0 Å². The fourth-order valence-corrected chi connectivity index (χ4v) is 1.43. The second-order valence-corrected chi connectivity index (χ2v) is 4.33. The van der Waals surface area contributed by atoms with Crippen molar-refractivity contribution in [1.29, 1.82) is 0 Å². The molecule has 15 heavy (non-hydrogen) atoms. The first-order chi connectivity index (χ1) is 6.93. The Bertz CT molecular complexity index is 309. The van der Waals surface area contributed by atoms with Crippen molar-refractivity contribution in [2.45, 2.75) is 38.3 Å². The van der Waals surface area contributed by atoms with Gasteiger partial charge in [-0.1, -0.05) is 0 Å². The van der Waals surface area contributed by atoms with E-state index >= 15 is 0 Å². The van der Waals surface area contributed by atoms with Crippen molar-refractivity contribution in [3.05, 3.63) is 5.82 Å². The summed E-state index contributed by atoms with van der Waals surface area (Å²) in [4.78, 5) is 1.43. The Labute approximate surface area is 89.8 Å². The Balaban J connectivity index is 2.46. The molecule has 1 rings (SSSR count). The van der Waals surface area contributed by atoms with Crippen molar-refractivity contribution in [3.63, 3.8) is 0 Å². The molecular weight excluding hydrogens is 194 g/mol. The summed E-state index contributed by atoms with van der Waals surface area (Å²) < 4.78 is 5.31. The molecular formula is C9H19N5O. The highest BCUT2D eigenvalue weighted by molar-refractivity contribution is 4.86. The van der Waals surface area contributed by atoms with Crippen LogP contribution in [-0.4, -0.2) is 39.0 Å². The molecule has 1 atom stereocenters. The van der Waals surface area contributed by atoms with E-state index < -0.39 is 0 Å². The molecule has 0 radical (unpaired) electrons. The van der Waals surface area contributed by atoms with Gasteiger partial charge in [0, 0.05) is 19.6 Å². The van der Waals surface area contributed by atoms with Crippen molar-refractivity contribution in [2.75, 3.05) is 7.11 Å². The molecule has 1 aromatic rings. The molecule has 0 aliphatic carbocycles. The van der Waals surface area contributed by atoms with E-state index in [1.54, 1.807) is 14.2 Å². The minimum absolute atomic E-state index is 0.0100. The highest BCUT2D eigenvalue weighted by atomic mass is 16.5. The summed E-state index contributed by atoms with van der Waals surface area (Å²) in [6.07, 6.45) is 1.39. The van der Waals surface area contributed by atoms with Crippen LogP contribution in [0.2, 0.25) is 0 Å². The summed E-state index contributed by atoms with van der Waals surface area (Å²) in [5, 5.41) is 11.7. The van der Waals surface area contributed by atoms with Gasteiger partial charge in [0.1, 0.15) is 0 Å². The highest BCUT2D eigenvalue weighted by Gasteiger charge is 2.21. The Kier molecular flexibility index (Phi) is 3.76. The first-order valence-corrected chi connectivity index (χ1v) is 4.96. The van der Waals surface area contributed by atoms with Crippen molar-refractivity contribution >= 4 is 0 Å². The molecule has 0 saturated heterocycles. The third-order valence-corrected chi connectivity index (χ3v) is 2.30. The number of hydrogen-bond acceptors (Lipinski definition) is 5. The number of ether oxygens (including phenoxy) is 1. The lowest BCUT2D eigenvalue weighted by atomic mass is 9.97. The monoisotopic (exact) mass is 213 g/mol. The minimum atomic E-state index is -0.207. The van der Waals surface area contributed by atoms with Gasteiger partial charge in [0.15, 0.2) is 5.82 Å². The van der Waals surface area contributed by atoms with Crippen molar-refractivity contribution in [3.8, 4) is 0 Å². The van der Waals surface area contributed by atoms with Gasteiger partial charge in [-0.05, 0) is 25.5 Å². The molecule has 0 bridgehead atoms. The van der Waals surface area contributed by atoms with Gasteiger partial charge < -0.3 is 10.5 Å². The van der Waals surface area contributed by atoms with Crippen LogP contribution in [0.1, 0.15) is 26.1 Å². The Morgan fingerprint density at radius 2 is 2.20 bits per heavy atom. The summed E-state index contributed by atoms with van der Waals surface area (Å²) in [6, 6.07) is -0.0100. The lowest BCUT2D eigenvalue weighted by molar-refractivity contribution is 0.0101. The van der Waals surface area contributed by atoms with Crippen molar-refractivity contribution in [1.82, 2.24) is 20.2 Å². The van der Waals surface area contributed by atoms with Gasteiger partial charge in [0.05, 0.1) is 12.6 Å². The number of methoxy groups -OCH3 is 1. The molecule has 1 heterocycles. The van der Waals surface area contributed by atoms with E-state index in [1.807, 2.05) is 13.8 Å². The third kappa shape index (κ3) is 3.93. The smallest absolute Gasteiger partial charge is 0.176 e. The number of nitrogens with zero attached hydrogens (tertiary/aromatic N) is 4. The summed E-state index contributed by atoms with van der Waals surface area (Å²) in [5.41, 5.74) is 5.77. The van der Waals surface area contributed by atoms with E-state index in [0.717, 1.165) is 6.42 Å². The standard InChI is InChI=1S/C9H19N5O/c1-9(2,15-4)6-7(10)5-8-11-13-14(3)12-8/h7H,5-6,10H2,1-4H3. The predicted molar refractivity (Wildman–Crippen MR) is 56.2 cm³/mol. The number of nitrogens with two attached hydrogens (primary N) is 1. The van der Waals surface area contributed by atoms with Gasteiger partial charge in [-0.2, -0.15) is 4.80 Å². The largest absolute Gasteiger partial charge is 0.379 e. The number of rotatable bonds is 5. The van der Waals surface area contributed by atoms with E-state index in [0.29, 0.717) is 12.2 Å². The van der Waals surface area contributed by atoms with Gasteiger partial charge in [0.2, 0.25) is 0 Å². The average Bonchev–Trinajstić information content (AvgIpc) is 2.50. The molecule has 0 saturated carbocycles. The molecule has 0 aromatic carbocycles. The van der Waals surface area contributed by atoms with Gasteiger partial charge in [-0.15, -0.1) is 10.2 Å². The number of aryl methyl sites for hydroxylation is 1. The molecule has 86 valence electrons. The summed E-state index contributed by atoms with van der Waals surface area (Å²) >= 11 is 0. The fraction of sp³-hybridized carbons (Fsp3) is 0.889. The topological polar surface area (TPSA) is 78.9 Å². The maximum atomic E-state index is 5.98. The first-order valence-electron chi connectivity index (χ1n) is 4.96. The normalized spacial score (nSPS) is 14.2. The zero-order valence-corrected chi connectivity index (χ0v) is 9.77. The second-order valence-electron chi connectivity index (χ2n) is 4.33. The first kappa shape index (κ1) is 12.1. The van der Waals surface area contributed by atoms with Crippen LogP contribution in [-0.2, 0) is 18.2 Å². The van der Waals surface area contributed by atoms with Crippen LogP contribution < -0.4 is 5.73 Å². The lowest BCUT2D eigenvalue weighted by Gasteiger charge is -2.25. The third-order valence-electron chi connectivity index (χ3n) is 2.30. The van der Waals surface area contributed by atoms with E-state index in [4.69, 9.17) is 10.5 Å². The SMILES string of the molecule is COC(C)(C)CC(N)Cc1nnn(C)n1. The van der Waals surface area contributed by atoms with E-state index in [1.165, 1.54) is 4.80 Å². The average molecular weight is 213 g/mol. The number of aromatic nitrogens is 4. The van der Waals surface area contributed by atoms with Crippen LogP contribution in [0.5, 0.6) is 0 Å². The number of hydrogen-bond donors (Lipinski definition) is 1. The fourth-order valence-electron chi connectivity index (χ4n) is 1.43. The van der Waals surface area contributed by atoms with E-state index in [-0.39, 0.29) is 11.6 Å². The molecule has 6 nitrogen and oxygen atoms in total. The molecule has 0 aliphatic rings. The Hall–Kier alpha value is -1.01.